The zero-order chi connectivity index (χ0) is 14.4. The summed E-state index contributed by atoms with van der Waals surface area (Å²) >= 11 is 0. The van der Waals surface area contributed by atoms with E-state index in [1.54, 1.807) is 44.7 Å². The zero-order valence-electron chi connectivity index (χ0n) is 11.2. The molecule has 104 valence electrons. The van der Waals surface area contributed by atoms with Crippen LogP contribution in [0.4, 0.5) is 5.82 Å². The third-order valence-electron chi connectivity index (χ3n) is 2.59. The maximum Gasteiger partial charge on any atom is 0.249 e. The van der Waals surface area contributed by atoms with Crippen molar-refractivity contribution in [3.05, 3.63) is 42.1 Å². The SMILES string of the molecule is COc1ccc(C=CC(=O)Nc2ccn[nH]2)cc1OC. The van der Waals surface area contributed by atoms with Crippen molar-refractivity contribution in [3.63, 3.8) is 0 Å². The van der Waals surface area contributed by atoms with Gasteiger partial charge >= 0.3 is 0 Å². The Morgan fingerprint density at radius 3 is 2.70 bits per heavy atom. The lowest BCUT2D eigenvalue weighted by atomic mass is 10.2. The molecule has 2 N–H and O–H groups in total. The van der Waals surface area contributed by atoms with Gasteiger partial charge in [0, 0.05) is 12.1 Å². The molecule has 6 nitrogen and oxygen atoms in total. The van der Waals surface area contributed by atoms with Crippen LogP contribution in [0.15, 0.2) is 36.5 Å². The molecule has 0 atom stereocenters. The molecule has 1 heterocycles. The van der Waals surface area contributed by atoms with Gasteiger partial charge in [-0.2, -0.15) is 5.10 Å². The summed E-state index contributed by atoms with van der Waals surface area (Å²) in [7, 11) is 3.14. The van der Waals surface area contributed by atoms with E-state index in [-0.39, 0.29) is 5.91 Å². The lowest BCUT2D eigenvalue weighted by Crippen LogP contribution is -2.07. The Bertz CT molecular complexity index is 606. The lowest BCUT2D eigenvalue weighted by molar-refractivity contribution is -0.111. The van der Waals surface area contributed by atoms with Crippen molar-refractivity contribution in [1.82, 2.24) is 10.2 Å². The van der Waals surface area contributed by atoms with Gasteiger partial charge in [0.15, 0.2) is 11.5 Å². The van der Waals surface area contributed by atoms with E-state index in [2.05, 4.69) is 15.5 Å². The number of nitrogens with zero attached hydrogens (tertiary/aromatic N) is 1. The number of aromatic amines is 1. The molecule has 1 amide bonds. The number of anilines is 1. The Balaban J connectivity index is 2.05. The molecule has 0 spiro atoms. The van der Waals surface area contributed by atoms with Crippen LogP contribution < -0.4 is 14.8 Å². The van der Waals surface area contributed by atoms with Crippen LogP contribution in [-0.2, 0) is 4.79 Å². The summed E-state index contributed by atoms with van der Waals surface area (Å²) in [6.45, 7) is 0. The maximum atomic E-state index is 11.7. The van der Waals surface area contributed by atoms with Crippen LogP contribution in [0.3, 0.4) is 0 Å². The second kappa shape index (κ2) is 6.42. The topological polar surface area (TPSA) is 76.2 Å². The van der Waals surface area contributed by atoms with E-state index in [0.717, 1.165) is 5.56 Å². The highest BCUT2D eigenvalue weighted by Gasteiger charge is 2.03. The van der Waals surface area contributed by atoms with Gasteiger partial charge in [0.2, 0.25) is 5.91 Å². The second-order valence-corrected chi connectivity index (χ2v) is 3.91. The molecule has 2 rings (SSSR count). The number of nitrogens with one attached hydrogen (secondary N) is 2. The number of carbonyl (C=O) groups excluding carboxylic acids is 1. The van der Waals surface area contributed by atoms with E-state index in [0.29, 0.717) is 17.3 Å². The van der Waals surface area contributed by atoms with Crippen molar-refractivity contribution in [1.29, 1.82) is 0 Å². The van der Waals surface area contributed by atoms with Crippen LogP contribution >= 0.6 is 0 Å². The quantitative estimate of drug-likeness (QED) is 0.818. The Morgan fingerprint density at radius 2 is 2.05 bits per heavy atom. The molecule has 0 aliphatic heterocycles. The lowest BCUT2D eigenvalue weighted by Gasteiger charge is -2.07. The number of benzene rings is 1. The predicted molar refractivity (Wildman–Crippen MR) is 75.8 cm³/mol. The van der Waals surface area contributed by atoms with Crippen molar-refractivity contribution >= 4 is 17.8 Å². The van der Waals surface area contributed by atoms with Crippen LogP contribution in [0.2, 0.25) is 0 Å². The van der Waals surface area contributed by atoms with Gasteiger partial charge in [0.1, 0.15) is 5.82 Å². The summed E-state index contributed by atoms with van der Waals surface area (Å²) < 4.78 is 10.3. The van der Waals surface area contributed by atoms with Crippen molar-refractivity contribution < 1.29 is 14.3 Å². The molecule has 0 unspecified atom stereocenters. The Labute approximate surface area is 116 Å². The van der Waals surface area contributed by atoms with Crippen molar-refractivity contribution in [2.24, 2.45) is 0 Å². The molecule has 0 saturated carbocycles. The third kappa shape index (κ3) is 3.38. The minimum absolute atomic E-state index is 0.246. The number of ether oxygens (including phenoxy) is 2. The molecule has 6 heteroatoms. The average Bonchev–Trinajstić information content (AvgIpc) is 2.97. The first-order valence-electron chi connectivity index (χ1n) is 5.93. The number of rotatable bonds is 5. The molecule has 1 aromatic carbocycles. The fourth-order valence-electron chi connectivity index (χ4n) is 1.63. The van der Waals surface area contributed by atoms with Gasteiger partial charge in [-0.3, -0.25) is 9.89 Å². The molecule has 2 aromatic rings. The van der Waals surface area contributed by atoms with Gasteiger partial charge in [-0.1, -0.05) is 6.07 Å². The fraction of sp³-hybridized carbons (Fsp3) is 0.143. The average molecular weight is 273 g/mol. The van der Waals surface area contributed by atoms with E-state index in [1.807, 2.05) is 6.07 Å². The van der Waals surface area contributed by atoms with Crippen LogP contribution in [0.1, 0.15) is 5.56 Å². The van der Waals surface area contributed by atoms with E-state index in [1.165, 1.54) is 6.08 Å². The number of aromatic nitrogens is 2. The Hall–Kier alpha value is -2.76. The summed E-state index contributed by atoms with van der Waals surface area (Å²) in [4.78, 5) is 11.7. The smallest absolute Gasteiger partial charge is 0.249 e. The number of carbonyl (C=O) groups is 1. The number of H-pyrrole nitrogens is 1. The maximum absolute atomic E-state index is 11.7. The number of amides is 1. The molecule has 0 radical (unpaired) electrons. The van der Waals surface area contributed by atoms with E-state index in [4.69, 9.17) is 9.47 Å². The number of hydrogen-bond donors (Lipinski definition) is 2. The standard InChI is InChI=1S/C14H15N3O3/c1-19-11-5-3-10(9-12(11)20-2)4-6-14(18)16-13-7-8-15-17-13/h3-9H,1-2H3,(H2,15,16,17,18). The monoisotopic (exact) mass is 273 g/mol. The molecule has 0 aliphatic rings. The summed E-state index contributed by atoms with van der Waals surface area (Å²) in [6, 6.07) is 7.08. The van der Waals surface area contributed by atoms with Gasteiger partial charge in [-0.15, -0.1) is 0 Å². The van der Waals surface area contributed by atoms with Crippen molar-refractivity contribution in [2.75, 3.05) is 19.5 Å². The minimum atomic E-state index is -0.246. The first kappa shape index (κ1) is 13.7. The molecule has 0 saturated heterocycles. The Morgan fingerprint density at radius 1 is 1.25 bits per heavy atom. The van der Waals surface area contributed by atoms with Gasteiger partial charge in [0.25, 0.3) is 0 Å². The summed E-state index contributed by atoms with van der Waals surface area (Å²) in [5, 5.41) is 9.03. The molecule has 1 aromatic heterocycles. The van der Waals surface area contributed by atoms with Crippen molar-refractivity contribution in [2.45, 2.75) is 0 Å². The van der Waals surface area contributed by atoms with Gasteiger partial charge in [0.05, 0.1) is 20.4 Å². The second-order valence-electron chi connectivity index (χ2n) is 3.91. The molecule has 0 fully saturated rings. The number of methoxy groups -OCH3 is 2. The highest BCUT2D eigenvalue weighted by molar-refractivity contribution is 6.01. The molecule has 0 bridgehead atoms. The van der Waals surface area contributed by atoms with Gasteiger partial charge < -0.3 is 14.8 Å². The van der Waals surface area contributed by atoms with E-state index in [9.17, 15) is 4.79 Å². The fourth-order valence-corrected chi connectivity index (χ4v) is 1.63. The number of hydrogen-bond acceptors (Lipinski definition) is 4. The predicted octanol–water partition coefficient (Wildman–Crippen LogP) is 2.08. The van der Waals surface area contributed by atoms with Gasteiger partial charge in [-0.25, -0.2) is 0 Å². The summed E-state index contributed by atoms with van der Waals surface area (Å²) in [6.07, 6.45) is 4.68. The van der Waals surface area contributed by atoms with E-state index >= 15 is 0 Å². The molecule has 20 heavy (non-hydrogen) atoms. The largest absolute Gasteiger partial charge is 0.493 e. The minimum Gasteiger partial charge on any atom is -0.493 e. The van der Waals surface area contributed by atoms with Crippen molar-refractivity contribution in [3.8, 4) is 11.5 Å². The first-order chi connectivity index (χ1) is 9.72. The zero-order valence-corrected chi connectivity index (χ0v) is 11.2. The van der Waals surface area contributed by atoms with Gasteiger partial charge in [-0.05, 0) is 23.8 Å². The third-order valence-corrected chi connectivity index (χ3v) is 2.59. The summed E-state index contributed by atoms with van der Waals surface area (Å²) in [5.74, 6) is 1.56. The first-order valence-corrected chi connectivity index (χ1v) is 5.93. The van der Waals surface area contributed by atoms with Crippen LogP contribution in [-0.4, -0.2) is 30.3 Å². The van der Waals surface area contributed by atoms with Crippen LogP contribution in [0, 0.1) is 0 Å². The van der Waals surface area contributed by atoms with E-state index < -0.39 is 0 Å². The summed E-state index contributed by atoms with van der Waals surface area (Å²) in [5.41, 5.74) is 0.836. The van der Waals surface area contributed by atoms with Crippen LogP contribution in [0.5, 0.6) is 11.5 Å². The normalized spacial score (nSPS) is 10.5. The highest BCUT2D eigenvalue weighted by Crippen LogP contribution is 2.27. The Kier molecular flexibility index (Phi) is 4.39. The highest BCUT2D eigenvalue weighted by atomic mass is 16.5. The molecule has 0 aliphatic carbocycles. The molecular formula is C14H15N3O3. The molecular weight excluding hydrogens is 258 g/mol. The van der Waals surface area contributed by atoms with Crippen LogP contribution in [0.25, 0.3) is 6.08 Å².